The molecule has 1 aliphatic heterocycles. The molecule has 1 saturated heterocycles. The lowest BCUT2D eigenvalue weighted by molar-refractivity contribution is 0.0723. The van der Waals surface area contributed by atoms with E-state index >= 15 is 0 Å². The normalized spacial score (nSPS) is 16.5. The fourth-order valence-electron chi connectivity index (χ4n) is 3.44. The number of benzene rings is 1. The number of sulfonamides is 1. The van der Waals surface area contributed by atoms with Crippen molar-refractivity contribution in [2.24, 2.45) is 5.73 Å². The third kappa shape index (κ3) is 6.87. The first kappa shape index (κ1) is 25.0. The zero-order valence-electron chi connectivity index (χ0n) is 18.3. The van der Waals surface area contributed by atoms with Crippen LogP contribution in [0.1, 0.15) is 34.3 Å². The topological polar surface area (TPSA) is 117 Å². The van der Waals surface area contributed by atoms with Crippen LogP contribution in [0.5, 0.6) is 0 Å². The third-order valence-electron chi connectivity index (χ3n) is 5.60. The Morgan fingerprint density at radius 3 is 2.68 bits per heavy atom. The van der Waals surface area contributed by atoms with Crippen LogP contribution in [0, 0.1) is 18.3 Å². The summed E-state index contributed by atoms with van der Waals surface area (Å²) in [5.74, 6) is -0.133. The van der Waals surface area contributed by atoms with E-state index in [1.807, 2.05) is 13.0 Å². The molecule has 31 heavy (non-hydrogen) atoms. The highest BCUT2D eigenvalue weighted by molar-refractivity contribution is 7.89. The van der Waals surface area contributed by atoms with Gasteiger partial charge in [0.15, 0.2) is 0 Å². The van der Waals surface area contributed by atoms with Gasteiger partial charge in [-0.15, -0.1) is 6.58 Å². The van der Waals surface area contributed by atoms with E-state index in [0.717, 1.165) is 11.1 Å². The molecule has 0 atom stereocenters. The first-order valence-corrected chi connectivity index (χ1v) is 11.9. The number of hydrogen-bond acceptors (Lipinski definition) is 6. The quantitative estimate of drug-likeness (QED) is 0.428. The molecule has 2 rings (SSSR count). The Hall–Kier alpha value is -2.25. The molecular weight excluding hydrogens is 416 g/mol. The molecule has 0 unspecified atom stereocenters. The van der Waals surface area contributed by atoms with Crippen LogP contribution in [0.4, 0.5) is 0 Å². The van der Waals surface area contributed by atoms with Gasteiger partial charge in [0, 0.05) is 32.2 Å². The lowest BCUT2D eigenvalue weighted by Crippen LogP contribution is -2.51. The monoisotopic (exact) mass is 448 g/mol. The van der Waals surface area contributed by atoms with Gasteiger partial charge in [-0.2, -0.15) is 5.26 Å². The highest BCUT2D eigenvalue weighted by atomic mass is 32.2. The average molecular weight is 449 g/mol. The third-order valence-corrected chi connectivity index (χ3v) is 7.47. The van der Waals surface area contributed by atoms with Crippen LogP contribution in [-0.2, 0) is 21.2 Å². The first-order valence-electron chi connectivity index (χ1n) is 10.3. The predicted molar refractivity (Wildman–Crippen MR) is 120 cm³/mol. The van der Waals surface area contributed by atoms with E-state index in [0.29, 0.717) is 44.6 Å². The van der Waals surface area contributed by atoms with Crippen molar-refractivity contribution in [3.05, 3.63) is 47.5 Å². The molecule has 1 aromatic carbocycles. The lowest BCUT2D eigenvalue weighted by atomic mass is 9.91. The highest BCUT2D eigenvalue weighted by Crippen LogP contribution is 2.22. The second kappa shape index (κ2) is 10.9. The molecule has 2 N–H and O–H groups in total. The Labute approximate surface area is 185 Å². The zero-order valence-corrected chi connectivity index (χ0v) is 19.2. The number of piperidine rings is 1. The highest BCUT2D eigenvalue weighted by Gasteiger charge is 2.35. The summed E-state index contributed by atoms with van der Waals surface area (Å²) in [5.41, 5.74) is 7.31. The van der Waals surface area contributed by atoms with Crippen LogP contribution in [0.25, 0.3) is 0 Å². The Balaban J connectivity index is 1.94. The van der Waals surface area contributed by atoms with Crippen molar-refractivity contribution >= 4 is 15.9 Å². The van der Waals surface area contributed by atoms with Gasteiger partial charge in [-0.25, -0.2) is 12.7 Å². The van der Waals surface area contributed by atoms with Gasteiger partial charge in [0.25, 0.3) is 5.91 Å². The second-order valence-electron chi connectivity index (χ2n) is 7.96. The van der Waals surface area contributed by atoms with E-state index < -0.39 is 15.6 Å². The van der Waals surface area contributed by atoms with Crippen LogP contribution in [0.2, 0.25) is 0 Å². The molecule has 1 amide bonds. The number of carbonyl (C=O) groups excluding carboxylic acids is 1. The Morgan fingerprint density at radius 2 is 2.10 bits per heavy atom. The summed E-state index contributed by atoms with van der Waals surface area (Å²) in [6, 6.07) is 7.41. The minimum Gasteiger partial charge on any atom is -0.376 e. The van der Waals surface area contributed by atoms with Crippen molar-refractivity contribution in [1.82, 2.24) is 9.21 Å². The molecule has 170 valence electrons. The van der Waals surface area contributed by atoms with Crippen molar-refractivity contribution in [3.63, 3.8) is 0 Å². The van der Waals surface area contributed by atoms with Crippen LogP contribution in [0.3, 0.4) is 0 Å². The van der Waals surface area contributed by atoms with Gasteiger partial charge in [0.05, 0.1) is 25.0 Å². The SMILES string of the molecule is C=CCOCCN(C)C(=O)c1ccc(CCS(=O)(=O)N2CCC(N)(C#N)CC2)c(C)c1. The Kier molecular flexibility index (Phi) is 8.77. The van der Waals surface area contributed by atoms with Crippen molar-refractivity contribution < 1.29 is 17.9 Å². The van der Waals surface area contributed by atoms with Crippen LogP contribution in [0.15, 0.2) is 30.9 Å². The van der Waals surface area contributed by atoms with Crippen molar-refractivity contribution in [2.45, 2.75) is 31.7 Å². The molecule has 1 aromatic rings. The van der Waals surface area contributed by atoms with Gasteiger partial charge in [-0.05, 0) is 49.4 Å². The fourth-order valence-corrected chi connectivity index (χ4v) is 4.92. The summed E-state index contributed by atoms with van der Waals surface area (Å²) in [6.45, 7) is 7.34. The van der Waals surface area contributed by atoms with Crippen molar-refractivity contribution in [2.75, 3.05) is 45.6 Å². The minimum atomic E-state index is -3.44. The molecule has 1 aliphatic rings. The predicted octanol–water partition coefficient (Wildman–Crippen LogP) is 1.46. The molecule has 0 spiro atoms. The lowest BCUT2D eigenvalue weighted by Gasteiger charge is -2.33. The number of nitrogens with zero attached hydrogens (tertiary/aromatic N) is 3. The van der Waals surface area contributed by atoms with E-state index in [1.54, 1.807) is 30.2 Å². The molecule has 0 aliphatic carbocycles. The van der Waals surface area contributed by atoms with E-state index in [4.69, 9.17) is 15.7 Å². The molecule has 9 heteroatoms. The van der Waals surface area contributed by atoms with Gasteiger partial charge in [-0.1, -0.05) is 12.1 Å². The second-order valence-corrected chi connectivity index (χ2v) is 10.1. The molecule has 1 heterocycles. The maximum Gasteiger partial charge on any atom is 0.253 e. The molecule has 1 fully saturated rings. The number of carbonyl (C=O) groups is 1. The summed E-state index contributed by atoms with van der Waals surface area (Å²) in [7, 11) is -1.72. The molecule has 0 saturated carbocycles. The number of ether oxygens (including phenoxy) is 1. The van der Waals surface area contributed by atoms with Crippen molar-refractivity contribution in [1.29, 1.82) is 5.26 Å². The summed E-state index contributed by atoms with van der Waals surface area (Å²) in [4.78, 5) is 14.2. The maximum absolute atomic E-state index is 12.7. The first-order chi connectivity index (χ1) is 14.6. The van der Waals surface area contributed by atoms with Crippen molar-refractivity contribution in [3.8, 4) is 6.07 Å². The molecule has 0 bridgehead atoms. The maximum atomic E-state index is 12.7. The van der Waals surface area contributed by atoms with Gasteiger partial charge in [0.2, 0.25) is 10.0 Å². The summed E-state index contributed by atoms with van der Waals surface area (Å²) in [6.07, 6.45) is 2.69. The number of nitrogens with two attached hydrogens (primary N) is 1. The Bertz CT molecular complexity index is 931. The zero-order chi connectivity index (χ0) is 23.1. The number of amides is 1. The van der Waals surface area contributed by atoms with E-state index in [2.05, 4.69) is 12.6 Å². The number of aryl methyl sites for hydroxylation is 2. The number of hydrogen-bond donors (Lipinski definition) is 1. The molecule has 0 radical (unpaired) electrons. The smallest absolute Gasteiger partial charge is 0.253 e. The van der Waals surface area contributed by atoms with E-state index in [9.17, 15) is 13.2 Å². The summed E-state index contributed by atoms with van der Waals surface area (Å²) in [5, 5.41) is 9.10. The largest absolute Gasteiger partial charge is 0.376 e. The van der Waals surface area contributed by atoms with E-state index in [-0.39, 0.29) is 24.7 Å². The minimum absolute atomic E-state index is 0.0220. The van der Waals surface area contributed by atoms with Gasteiger partial charge in [0.1, 0.15) is 5.54 Å². The van der Waals surface area contributed by atoms with Crippen LogP contribution >= 0.6 is 0 Å². The van der Waals surface area contributed by atoms with Gasteiger partial charge in [-0.3, -0.25) is 4.79 Å². The Morgan fingerprint density at radius 1 is 1.42 bits per heavy atom. The fraction of sp³-hybridized carbons (Fsp3) is 0.545. The number of rotatable bonds is 10. The standard InChI is InChI=1S/C22H32N4O4S/c1-4-13-30-14-12-25(3)21(27)20-6-5-19(18(2)16-20)7-15-31(28,29)26-10-8-22(24,17-23)9-11-26/h4-6,16H,1,7-15,24H2,2-3H3. The van der Waals surface area contributed by atoms with Gasteiger partial charge >= 0.3 is 0 Å². The van der Waals surface area contributed by atoms with Crippen LogP contribution in [-0.4, -0.2) is 74.7 Å². The molecule has 8 nitrogen and oxygen atoms in total. The number of likely N-dealkylation sites (N-methyl/N-ethyl adjacent to an activating group) is 1. The molecule has 0 aromatic heterocycles. The van der Waals surface area contributed by atoms with Gasteiger partial charge < -0.3 is 15.4 Å². The van der Waals surface area contributed by atoms with Crippen LogP contribution < -0.4 is 5.73 Å². The summed E-state index contributed by atoms with van der Waals surface area (Å²) < 4.78 is 32.1. The number of nitriles is 1. The molecular formula is C22H32N4O4S. The average Bonchev–Trinajstić information content (AvgIpc) is 2.75. The van der Waals surface area contributed by atoms with E-state index in [1.165, 1.54) is 4.31 Å². The summed E-state index contributed by atoms with van der Waals surface area (Å²) >= 11 is 0.